The SMILES string of the molecule is O=C(Nc1ccc2c(c1)C=C([S+](=O)(O)O)C(=NN=C1C=C(N([O-])[O-])C=CC1=O)C2=O)Nc1ccc2c(c1)C=C([S+](=O)(O)O)C(=NN=C1C=C(N(O)O)C=CC1=O)C2=O. The van der Waals surface area contributed by atoms with Gasteiger partial charge in [-0.15, -0.1) is 25.6 Å². The molecule has 4 aliphatic rings. The molecule has 0 atom stereocenters. The van der Waals surface area contributed by atoms with Crippen molar-refractivity contribution < 1.29 is 61.0 Å². The molecule has 6 rings (SSSR count). The third-order valence-corrected chi connectivity index (χ3v) is 9.76. The highest BCUT2D eigenvalue weighted by molar-refractivity contribution is 7.97. The monoisotopic (exact) mass is 834 g/mol. The third kappa shape index (κ3) is 8.57. The lowest BCUT2D eigenvalue weighted by molar-refractivity contribution is -0.275. The Labute approximate surface area is 325 Å². The standard InChI is InChI=1S/C33H22N8O15S2/c42-25-7-3-19(40(47)48)13-23(25)36-38-29-27(57(51,52)53)11-15-9-17(1-5-21(15)31(29)44)34-33(46)35-18-2-6-22-16(10-18)12-28(58(54,55)56)30(32(22)45)39-37-24-14-20(41(49)50)4-8-26(24)43/h1-14,47-48H,(H2,34,35,46)(H2,51,52,53)(H2,54,55,56). The van der Waals surface area contributed by atoms with Crippen LogP contribution in [-0.4, -0.2) is 91.1 Å². The molecule has 0 aromatic heterocycles. The van der Waals surface area contributed by atoms with Gasteiger partial charge in [0.05, 0.1) is 5.70 Å². The summed E-state index contributed by atoms with van der Waals surface area (Å²) in [4.78, 5) is 62.2. The molecule has 58 heavy (non-hydrogen) atoms. The molecule has 2 aromatic carbocycles. The maximum absolute atomic E-state index is 13.4. The second kappa shape index (κ2) is 15.6. The molecular weight excluding hydrogens is 813 g/mol. The number of nitrogens with zero attached hydrogens (tertiary/aromatic N) is 6. The molecule has 0 unspecified atom stereocenters. The lowest BCUT2D eigenvalue weighted by Gasteiger charge is -2.39. The van der Waals surface area contributed by atoms with Crippen LogP contribution in [0.2, 0.25) is 0 Å². The molecule has 296 valence electrons. The van der Waals surface area contributed by atoms with Crippen LogP contribution in [0.4, 0.5) is 16.2 Å². The molecule has 0 fully saturated rings. The third-order valence-electron chi connectivity index (χ3n) is 7.99. The van der Waals surface area contributed by atoms with Gasteiger partial charge in [-0.25, -0.2) is 4.79 Å². The van der Waals surface area contributed by atoms with Crippen LogP contribution in [0.1, 0.15) is 31.8 Å². The average Bonchev–Trinajstić information content (AvgIpc) is 3.14. The van der Waals surface area contributed by atoms with Crippen molar-refractivity contribution in [2.45, 2.75) is 0 Å². The number of nitrogens with one attached hydrogen (secondary N) is 2. The summed E-state index contributed by atoms with van der Waals surface area (Å²) in [6.07, 6.45) is 7.13. The Hall–Kier alpha value is -6.91. The number of allylic oxidation sites excluding steroid dienone is 8. The normalized spacial score (nSPS) is 19.4. The largest absolute Gasteiger partial charge is 0.769 e. The Bertz CT molecular complexity index is 2490. The number of urea groups is 1. The molecule has 0 spiro atoms. The molecule has 0 saturated carbocycles. The highest BCUT2D eigenvalue weighted by Gasteiger charge is 2.43. The van der Waals surface area contributed by atoms with Gasteiger partial charge in [-0.2, -0.15) is 18.2 Å². The summed E-state index contributed by atoms with van der Waals surface area (Å²) in [5, 5.41) is 58.6. The number of carbonyl (C=O) groups is 5. The summed E-state index contributed by atoms with van der Waals surface area (Å²) in [5.41, 5.74) is -4.05. The number of hydrogen-bond donors (Lipinski definition) is 8. The molecule has 2 aromatic rings. The van der Waals surface area contributed by atoms with E-state index in [1.807, 2.05) is 0 Å². The zero-order valence-corrected chi connectivity index (χ0v) is 30.1. The number of benzene rings is 2. The lowest BCUT2D eigenvalue weighted by Crippen LogP contribution is -2.29. The van der Waals surface area contributed by atoms with Crippen molar-refractivity contribution in [3.8, 4) is 0 Å². The fraction of sp³-hybridized carbons (Fsp3) is 0. The lowest BCUT2D eigenvalue weighted by atomic mass is 9.94. The minimum atomic E-state index is -4.92. The highest BCUT2D eigenvalue weighted by atomic mass is 32.3. The number of Topliss-reactive ketones (excluding diaryl/α,β-unsaturated/α-hetero) is 2. The number of carbonyl (C=O) groups excluding carboxylic acids is 5. The molecule has 0 heterocycles. The predicted octanol–water partition coefficient (Wildman–Crippen LogP) is 3.31. The van der Waals surface area contributed by atoms with Crippen molar-refractivity contribution in [2.24, 2.45) is 20.4 Å². The van der Waals surface area contributed by atoms with Crippen molar-refractivity contribution in [3.05, 3.63) is 127 Å². The van der Waals surface area contributed by atoms with Gasteiger partial charge in [0.25, 0.3) is 9.81 Å². The van der Waals surface area contributed by atoms with Crippen LogP contribution in [0, 0.1) is 10.4 Å². The first-order valence-corrected chi connectivity index (χ1v) is 18.5. The second-order valence-electron chi connectivity index (χ2n) is 11.8. The molecule has 8 N–H and O–H groups in total. The fourth-order valence-corrected chi connectivity index (χ4v) is 6.66. The number of rotatable bonds is 8. The van der Waals surface area contributed by atoms with E-state index in [2.05, 4.69) is 31.0 Å². The number of fused-ring (bicyclic) bond motifs is 2. The van der Waals surface area contributed by atoms with E-state index in [0.29, 0.717) is 0 Å². The average molecular weight is 835 g/mol. The van der Waals surface area contributed by atoms with Gasteiger partial charge in [0.15, 0.2) is 11.4 Å². The molecule has 4 aliphatic carbocycles. The zero-order valence-electron chi connectivity index (χ0n) is 28.4. The molecule has 25 heteroatoms. The maximum Gasteiger partial charge on any atom is 0.388 e. The van der Waals surface area contributed by atoms with E-state index in [-0.39, 0.29) is 44.6 Å². The minimum Gasteiger partial charge on any atom is -0.769 e. The summed E-state index contributed by atoms with van der Waals surface area (Å²) in [6, 6.07) is 6.33. The van der Waals surface area contributed by atoms with Crippen molar-refractivity contribution in [2.75, 3.05) is 10.6 Å². The van der Waals surface area contributed by atoms with Crippen LogP contribution in [0.3, 0.4) is 0 Å². The van der Waals surface area contributed by atoms with Gasteiger partial charge in [-0.1, -0.05) is 0 Å². The number of hydroxylamine groups is 4. The van der Waals surface area contributed by atoms with Crippen molar-refractivity contribution in [1.29, 1.82) is 0 Å². The zero-order chi connectivity index (χ0) is 42.3. The maximum atomic E-state index is 13.4. The minimum absolute atomic E-state index is 0.00243. The Morgan fingerprint density at radius 2 is 1.02 bits per heavy atom. The Balaban J connectivity index is 1.24. The van der Waals surface area contributed by atoms with Gasteiger partial charge in [0.1, 0.15) is 11.4 Å². The molecule has 0 aliphatic heterocycles. The van der Waals surface area contributed by atoms with Crippen molar-refractivity contribution >= 4 is 96.5 Å². The second-order valence-corrected chi connectivity index (χ2v) is 14.7. The Morgan fingerprint density at radius 3 is 1.41 bits per heavy atom. The first-order valence-electron chi connectivity index (χ1n) is 15.6. The van der Waals surface area contributed by atoms with Gasteiger partial charge < -0.3 is 26.3 Å². The molecule has 0 bridgehead atoms. The van der Waals surface area contributed by atoms with Crippen molar-refractivity contribution in [1.82, 2.24) is 10.5 Å². The predicted molar refractivity (Wildman–Crippen MR) is 205 cm³/mol. The van der Waals surface area contributed by atoms with Crippen LogP contribution in [-0.2, 0) is 39.0 Å². The van der Waals surface area contributed by atoms with Gasteiger partial charge >= 0.3 is 27.0 Å². The quantitative estimate of drug-likeness (QED) is 0.107. The van der Waals surface area contributed by atoms with Crippen LogP contribution in [0.25, 0.3) is 12.2 Å². The van der Waals surface area contributed by atoms with Gasteiger partial charge in [-0.3, -0.25) is 29.6 Å². The van der Waals surface area contributed by atoms with E-state index < -0.39 is 93.7 Å². The van der Waals surface area contributed by atoms with Gasteiger partial charge in [0.2, 0.25) is 23.1 Å². The number of amides is 2. The van der Waals surface area contributed by atoms with Crippen LogP contribution in [0.15, 0.2) is 114 Å². The van der Waals surface area contributed by atoms with Crippen molar-refractivity contribution in [3.63, 3.8) is 0 Å². The van der Waals surface area contributed by atoms with Gasteiger partial charge in [0, 0.05) is 40.4 Å². The summed E-state index contributed by atoms with van der Waals surface area (Å²) >= 11 is 0. The van der Waals surface area contributed by atoms with Crippen LogP contribution >= 0.6 is 0 Å². The molecule has 0 saturated heterocycles. The molecule has 2 amide bonds. The number of anilines is 2. The number of hydrogen-bond acceptors (Lipinski definition) is 17. The van der Waals surface area contributed by atoms with E-state index >= 15 is 0 Å². The summed E-state index contributed by atoms with van der Waals surface area (Å²) in [5.74, 6) is -3.66. The van der Waals surface area contributed by atoms with E-state index in [1.54, 1.807) is 0 Å². The van der Waals surface area contributed by atoms with E-state index in [4.69, 9.17) is 0 Å². The summed E-state index contributed by atoms with van der Waals surface area (Å²) in [6.45, 7) is 0. The number of ketones is 4. The molecule has 23 nitrogen and oxygen atoms in total. The van der Waals surface area contributed by atoms with Gasteiger partial charge in [-0.05, 0) is 92.4 Å². The Morgan fingerprint density at radius 1 is 0.603 bits per heavy atom. The summed E-state index contributed by atoms with van der Waals surface area (Å²) < 4.78 is 64.8. The smallest absolute Gasteiger partial charge is 0.388 e. The van der Waals surface area contributed by atoms with Crippen LogP contribution in [0.5, 0.6) is 0 Å². The van der Waals surface area contributed by atoms with Crippen LogP contribution < -0.4 is 10.6 Å². The van der Waals surface area contributed by atoms with E-state index in [9.17, 15) is 71.4 Å². The summed E-state index contributed by atoms with van der Waals surface area (Å²) in [7, 11) is -9.83. The fourth-order valence-electron chi connectivity index (χ4n) is 5.33. The van der Waals surface area contributed by atoms with E-state index in [0.717, 1.165) is 48.6 Å². The molecular formula is C33H22N8O15S2. The molecule has 0 radical (unpaired) electrons. The van der Waals surface area contributed by atoms with E-state index in [1.165, 1.54) is 36.4 Å². The topological polar surface area (TPSA) is 367 Å². The first-order chi connectivity index (χ1) is 27.2. The highest BCUT2D eigenvalue weighted by Crippen LogP contribution is 2.32. The Kier molecular flexibility index (Phi) is 10.9. The first kappa shape index (κ1) is 40.7.